The van der Waals surface area contributed by atoms with Crippen molar-refractivity contribution in [3.8, 4) is 0 Å². The molecular weight excluding hydrogens is 546 g/mol. The van der Waals surface area contributed by atoms with E-state index in [2.05, 4.69) is 33.2 Å². The van der Waals surface area contributed by atoms with Gasteiger partial charge in [-0.05, 0) is 48.7 Å². The number of rotatable bonds is 6. The predicted molar refractivity (Wildman–Crippen MR) is 125 cm³/mol. The van der Waals surface area contributed by atoms with E-state index in [-0.39, 0.29) is 11.4 Å². The molecule has 0 bridgehead atoms. The number of likely N-dealkylation sites (tertiary alicyclic amines) is 2. The molecule has 216 valence electrons. The van der Waals surface area contributed by atoms with E-state index in [4.69, 9.17) is 24.5 Å². The average molecular weight is 577 g/mol. The molecule has 2 saturated heterocycles. The van der Waals surface area contributed by atoms with E-state index in [0.717, 1.165) is 52.1 Å². The minimum atomic E-state index is -5.08. The van der Waals surface area contributed by atoms with Crippen molar-refractivity contribution in [3.05, 3.63) is 35.0 Å². The molecule has 2 aliphatic heterocycles. The molecule has 0 aliphatic carbocycles. The van der Waals surface area contributed by atoms with Gasteiger partial charge in [0.05, 0.1) is 12.0 Å². The molecule has 1 aromatic heterocycles. The smallest absolute Gasteiger partial charge is 0.475 e. The number of hydrogen-bond donors (Lipinski definition) is 2. The van der Waals surface area contributed by atoms with Crippen LogP contribution in [-0.2, 0) is 25.7 Å². The second-order valence-electron chi connectivity index (χ2n) is 8.63. The molecule has 0 unspecified atom stereocenters. The van der Waals surface area contributed by atoms with Crippen LogP contribution in [0.15, 0.2) is 29.5 Å². The summed E-state index contributed by atoms with van der Waals surface area (Å²) in [5.41, 5.74) is 1.05. The molecule has 2 fully saturated rings. The molecule has 2 N–H and O–H groups in total. The lowest BCUT2D eigenvalue weighted by Gasteiger charge is -2.31. The van der Waals surface area contributed by atoms with E-state index in [1.807, 2.05) is 13.0 Å². The molecule has 8 nitrogen and oxygen atoms in total. The van der Waals surface area contributed by atoms with E-state index in [1.54, 1.807) is 11.3 Å². The Labute approximate surface area is 219 Å². The molecule has 2 atom stereocenters. The van der Waals surface area contributed by atoms with E-state index in [1.165, 1.54) is 5.56 Å². The first kappa shape index (κ1) is 33.4. The van der Waals surface area contributed by atoms with Crippen LogP contribution in [-0.4, -0.2) is 89.6 Å². The Morgan fingerprint density at radius 3 is 2.13 bits per heavy atom. The van der Waals surface area contributed by atoms with Crippen LogP contribution in [0.2, 0.25) is 0 Å². The van der Waals surface area contributed by atoms with Crippen molar-refractivity contribution >= 4 is 29.2 Å². The number of carbonyl (C=O) groups excluding carboxylic acids is 1. The fourth-order valence-corrected chi connectivity index (χ4v) is 4.99. The lowest BCUT2D eigenvalue weighted by molar-refractivity contribution is -0.193. The number of ether oxygens (including phenoxy) is 1. The monoisotopic (exact) mass is 576 g/mol. The fourth-order valence-electron chi connectivity index (χ4n) is 4.33. The number of halogens is 6. The van der Waals surface area contributed by atoms with Gasteiger partial charge in [0.1, 0.15) is 0 Å². The number of carboxylic acids is 2. The molecule has 0 spiro atoms. The quantitative estimate of drug-likeness (QED) is 0.294. The summed E-state index contributed by atoms with van der Waals surface area (Å²) in [6, 6.07) is 2.20. The number of alkyl halides is 6. The number of carbonyl (C=O) groups is 3. The lowest BCUT2D eigenvalue weighted by atomic mass is 9.75. The topological polar surface area (TPSA) is 107 Å². The first-order valence-electron chi connectivity index (χ1n) is 11.4. The number of esters is 1. The number of fused-ring (bicyclic) bond motifs is 1. The lowest BCUT2D eigenvalue weighted by Crippen LogP contribution is -2.42. The van der Waals surface area contributed by atoms with Crippen molar-refractivity contribution in [2.24, 2.45) is 11.3 Å². The third kappa shape index (κ3) is 10.3. The van der Waals surface area contributed by atoms with E-state index < -0.39 is 24.3 Å². The Bertz CT molecular complexity index is 900. The van der Waals surface area contributed by atoms with Crippen molar-refractivity contribution in [1.82, 2.24) is 9.80 Å². The Balaban J connectivity index is 0.000000426. The minimum Gasteiger partial charge on any atom is -0.475 e. The molecule has 2 aliphatic rings. The maximum Gasteiger partial charge on any atom is 0.490 e. The minimum absolute atomic E-state index is 0.0129. The summed E-state index contributed by atoms with van der Waals surface area (Å²) in [5.74, 6) is -5.16. The largest absolute Gasteiger partial charge is 0.490 e. The molecule has 1 aromatic rings. The predicted octanol–water partition coefficient (Wildman–Crippen LogP) is 4.28. The van der Waals surface area contributed by atoms with Gasteiger partial charge in [-0.1, -0.05) is 6.08 Å². The normalized spacial score (nSPS) is 22.0. The summed E-state index contributed by atoms with van der Waals surface area (Å²) in [5, 5.41) is 18.6. The Hall–Kier alpha value is -2.65. The zero-order valence-electron chi connectivity index (χ0n) is 20.6. The van der Waals surface area contributed by atoms with Gasteiger partial charge in [0.25, 0.3) is 0 Å². The van der Waals surface area contributed by atoms with Crippen LogP contribution in [0.25, 0.3) is 0 Å². The molecule has 0 aromatic carbocycles. The average Bonchev–Trinajstić information content (AvgIpc) is 3.38. The fraction of sp³-hybridized carbons (Fsp3) is 0.609. The Morgan fingerprint density at radius 1 is 1.13 bits per heavy atom. The Kier molecular flexibility index (Phi) is 12.7. The molecular formula is C23H30F6N2O6S. The van der Waals surface area contributed by atoms with Crippen molar-refractivity contribution in [1.29, 1.82) is 0 Å². The third-order valence-electron chi connectivity index (χ3n) is 5.88. The van der Waals surface area contributed by atoms with Crippen molar-refractivity contribution in [3.63, 3.8) is 0 Å². The standard InChI is InChI=1S/C19H28N2O2S.2C2HF3O2/c1-3-8-21-13-17-12-20(11-16-6-10-24-14-16)9-5-7-19(17,15-21)18(22)23-4-2;2*3-2(4,5)1(6)7/h3,6,10,14,17H,1,4-5,7-9,11-13,15H2,2H3;2*(H,6,7)/t17-,19-;;/m0../s1. The van der Waals surface area contributed by atoms with Gasteiger partial charge >= 0.3 is 30.3 Å². The zero-order chi connectivity index (χ0) is 29.1. The highest BCUT2D eigenvalue weighted by atomic mass is 32.1. The van der Waals surface area contributed by atoms with Crippen LogP contribution in [0.1, 0.15) is 25.3 Å². The summed E-state index contributed by atoms with van der Waals surface area (Å²) in [6.07, 6.45) is -6.24. The van der Waals surface area contributed by atoms with E-state index in [9.17, 15) is 31.1 Å². The summed E-state index contributed by atoms with van der Waals surface area (Å²) in [6.45, 7) is 11.9. The molecule has 3 heterocycles. The number of hydrogen-bond acceptors (Lipinski definition) is 7. The van der Waals surface area contributed by atoms with Crippen LogP contribution in [0.4, 0.5) is 26.3 Å². The van der Waals surface area contributed by atoms with Crippen LogP contribution in [0.5, 0.6) is 0 Å². The van der Waals surface area contributed by atoms with Crippen molar-refractivity contribution in [2.75, 3.05) is 39.3 Å². The van der Waals surface area contributed by atoms with Gasteiger partial charge in [0, 0.05) is 38.6 Å². The summed E-state index contributed by atoms with van der Waals surface area (Å²) in [4.78, 5) is 35.5. The van der Waals surface area contributed by atoms with Gasteiger partial charge in [-0.15, -0.1) is 6.58 Å². The molecule has 0 amide bonds. The molecule has 0 radical (unpaired) electrons. The SMILES string of the molecule is C=CCN1C[C@@H]2CN(Cc3ccsc3)CCC[C@]2(C(=O)OCC)C1.O=C(O)C(F)(F)F.O=C(O)C(F)(F)F. The number of aliphatic carboxylic acids is 2. The van der Waals surface area contributed by atoms with Gasteiger partial charge in [-0.3, -0.25) is 14.6 Å². The first-order chi connectivity index (χ1) is 17.6. The summed E-state index contributed by atoms with van der Waals surface area (Å²) < 4.78 is 69.0. The highest BCUT2D eigenvalue weighted by Crippen LogP contribution is 2.44. The number of carboxylic acid groups (broad SMARTS) is 2. The maximum atomic E-state index is 12.8. The molecule has 3 rings (SSSR count). The highest BCUT2D eigenvalue weighted by Gasteiger charge is 2.53. The number of nitrogens with zero attached hydrogens (tertiary/aromatic N) is 2. The van der Waals surface area contributed by atoms with Crippen LogP contribution in [0.3, 0.4) is 0 Å². The van der Waals surface area contributed by atoms with E-state index >= 15 is 0 Å². The molecule has 0 saturated carbocycles. The second-order valence-corrected chi connectivity index (χ2v) is 9.41. The summed E-state index contributed by atoms with van der Waals surface area (Å²) in [7, 11) is 0. The van der Waals surface area contributed by atoms with Crippen LogP contribution < -0.4 is 0 Å². The van der Waals surface area contributed by atoms with Gasteiger partial charge < -0.3 is 14.9 Å². The van der Waals surface area contributed by atoms with Crippen LogP contribution in [0, 0.1) is 11.3 Å². The number of thiophene rings is 1. The first-order valence-corrected chi connectivity index (χ1v) is 12.3. The Morgan fingerprint density at radius 2 is 1.68 bits per heavy atom. The van der Waals surface area contributed by atoms with Gasteiger partial charge in [-0.25, -0.2) is 9.59 Å². The molecule has 15 heteroatoms. The zero-order valence-corrected chi connectivity index (χ0v) is 21.4. The van der Waals surface area contributed by atoms with Gasteiger partial charge in [0.15, 0.2) is 0 Å². The molecule has 38 heavy (non-hydrogen) atoms. The second kappa shape index (κ2) is 14.5. The highest BCUT2D eigenvalue weighted by molar-refractivity contribution is 7.07. The van der Waals surface area contributed by atoms with Crippen molar-refractivity contribution < 1.29 is 55.7 Å². The third-order valence-corrected chi connectivity index (χ3v) is 6.61. The van der Waals surface area contributed by atoms with Crippen LogP contribution >= 0.6 is 11.3 Å². The van der Waals surface area contributed by atoms with E-state index in [0.29, 0.717) is 12.5 Å². The van der Waals surface area contributed by atoms with Gasteiger partial charge in [0.2, 0.25) is 0 Å². The summed E-state index contributed by atoms with van der Waals surface area (Å²) >= 11 is 1.75. The van der Waals surface area contributed by atoms with Crippen molar-refractivity contribution in [2.45, 2.75) is 38.7 Å². The maximum absolute atomic E-state index is 12.8. The van der Waals surface area contributed by atoms with Gasteiger partial charge in [-0.2, -0.15) is 37.7 Å².